The Balaban J connectivity index is 2.65. The van der Waals surface area contributed by atoms with Crippen molar-refractivity contribution in [2.75, 3.05) is 20.3 Å². The van der Waals surface area contributed by atoms with Crippen LogP contribution in [0.25, 0.3) is 0 Å². The molecule has 0 aliphatic rings. The molecule has 4 heteroatoms. The fourth-order valence-corrected chi connectivity index (χ4v) is 1.35. The topological polar surface area (TPSA) is 38.7 Å². The lowest BCUT2D eigenvalue weighted by molar-refractivity contribution is 0.228. The van der Waals surface area contributed by atoms with Gasteiger partial charge in [0.2, 0.25) is 0 Å². The maximum atomic E-state index is 8.60. The van der Waals surface area contributed by atoms with Gasteiger partial charge in [0.15, 0.2) is 11.5 Å². The quantitative estimate of drug-likeness (QED) is 0.826. The smallest absolute Gasteiger partial charge is 0.161 e. The second-order valence-corrected chi connectivity index (χ2v) is 3.64. The summed E-state index contributed by atoms with van der Waals surface area (Å²) in [7, 11) is 1.60. The fraction of sp³-hybridized carbons (Fsp3) is 0.400. The summed E-state index contributed by atoms with van der Waals surface area (Å²) in [6.07, 6.45) is 0.624. The first-order valence-corrected chi connectivity index (χ1v) is 5.14. The van der Waals surface area contributed by atoms with Gasteiger partial charge >= 0.3 is 0 Å². The lowest BCUT2D eigenvalue weighted by atomic mass is 10.3. The van der Waals surface area contributed by atoms with Gasteiger partial charge in [-0.05, 0) is 18.2 Å². The van der Waals surface area contributed by atoms with E-state index in [4.69, 9.17) is 14.6 Å². The van der Waals surface area contributed by atoms with Crippen molar-refractivity contribution in [3.8, 4) is 11.5 Å². The molecule has 0 radical (unpaired) electrons. The molecule has 1 aromatic carbocycles. The molecule has 0 spiro atoms. The molecule has 0 aromatic heterocycles. The number of rotatable bonds is 5. The van der Waals surface area contributed by atoms with Crippen LogP contribution in [-0.2, 0) is 0 Å². The van der Waals surface area contributed by atoms with E-state index in [9.17, 15) is 0 Å². The number of aliphatic hydroxyl groups is 1. The van der Waals surface area contributed by atoms with Gasteiger partial charge < -0.3 is 14.6 Å². The number of aliphatic hydroxyl groups excluding tert-OH is 1. The van der Waals surface area contributed by atoms with Crippen molar-refractivity contribution in [3.05, 3.63) is 22.7 Å². The zero-order chi connectivity index (χ0) is 10.4. The average molecular weight is 261 g/mol. The molecule has 0 heterocycles. The number of halogens is 1. The number of hydrogen-bond acceptors (Lipinski definition) is 3. The molecule has 0 saturated carbocycles. The molecule has 0 aliphatic carbocycles. The summed E-state index contributed by atoms with van der Waals surface area (Å²) < 4.78 is 11.5. The molecule has 0 unspecified atom stereocenters. The van der Waals surface area contributed by atoms with E-state index in [2.05, 4.69) is 15.9 Å². The fourth-order valence-electron chi connectivity index (χ4n) is 1.01. The Labute approximate surface area is 91.8 Å². The molecule has 0 fully saturated rings. The molecule has 0 amide bonds. The lowest BCUT2D eigenvalue weighted by Crippen LogP contribution is -2.01. The van der Waals surface area contributed by atoms with E-state index >= 15 is 0 Å². The van der Waals surface area contributed by atoms with Gasteiger partial charge in [0.25, 0.3) is 0 Å². The van der Waals surface area contributed by atoms with Crippen LogP contribution in [0.15, 0.2) is 22.7 Å². The normalized spacial score (nSPS) is 9.93. The standard InChI is InChI=1S/C10H13BrO3/c1-13-10-7-8(11)3-4-9(10)14-6-2-5-12/h3-4,7,12H,2,5-6H2,1H3. The Morgan fingerprint density at radius 1 is 1.36 bits per heavy atom. The van der Waals surface area contributed by atoms with Gasteiger partial charge in [-0.1, -0.05) is 15.9 Å². The van der Waals surface area contributed by atoms with Gasteiger partial charge in [-0.15, -0.1) is 0 Å². The van der Waals surface area contributed by atoms with Crippen molar-refractivity contribution in [1.29, 1.82) is 0 Å². The lowest BCUT2D eigenvalue weighted by Gasteiger charge is -2.10. The minimum atomic E-state index is 0.138. The first-order chi connectivity index (χ1) is 6.77. The summed E-state index contributed by atoms with van der Waals surface area (Å²) in [6.45, 7) is 0.632. The van der Waals surface area contributed by atoms with Crippen molar-refractivity contribution in [1.82, 2.24) is 0 Å². The molecule has 0 saturated heterocycles. The number of methoxy groups -OCH3 is 1. The van der Waals surface area contributed by atoms with Gasteiger partial charge in [-0.2, -0.15) is 0 Å². The Morgan fingerprint density at radius 2 is 2.14 bits per heavy atom. The molecule has 78 valence electrons. The van der Waals surface area contributed by atoms with Crippen LogP contribution >= 0.6 is 15.9 Å². The highest BCUT2D eigenvalue weighted by atomic mass is 79.9. The van der Waals surface area contributed by atoms with Crippen LogP contribution in [-0.4, -0.2) is 25.4 Å². The predicted molar refractivity (Wildman–Crippen MR) is 57.9 cm³/mol. The zero-order valence-corrected chi connectivity index (χ0v) is 9.58. The molecule has 0 atom stereocenters. The summed E-state index contributed by atoms with van der Waals surface area (Å²) in [5.74, 6) is 1.39. The average Bonchev–Trinajstić information content (AvgIpc) is 2.20. The Hall–Kier alpha value is -0.740. The third-order valence-corrected chi connectivity index (χ3v) is 2.18. The van der Waals surface area contributed by atoms with E-state index in [1.165, 1.54) is 0 Å². The summed E-state index contributed by atoms with van der Waals surface area (Å²) in [4.78, 5) is 0. The molecule has 14 heavy (non-hydrogen) atoms. The Morgan fingerprint density at radius 3 is 2.79 bits per heavy atom. The van der Waals surface area contributed by atoms with Crippen molar-refractivity contribution in [3.63, 3.8) is 0 Å². The van der Waals surface area contributed by atoms with Gasteiger partial charge in [0, 0.05) is 17.5 Å². The van der Waals surface area contributed by atoms with Crippen molar-refractivity contribution < 1.29 is 14.6 Å². The first-order valence-electron chi connectivity index (χ1n) is 4.35. The maximum absolute atomic E-state index is 8.60. The highest BCUT2D eigenvalue weighted by Gasteiger charge is 2.03. The summed E-state index contributed by atoms with van der Waals surface area (Å²) >= 11 is 3.34. The summed E-state index contributed by atoms with van der Waals surface area (Å²) in [5, 5.41) is 8.60. The van der Waals surface area contributed by atoms with Crippen LogP contribution in [0.1, 0.15) is 6.42 Å². The van der Waals surface area contributed by atoms with Crippen LogP contribution in [0.5, 0.6) is 11.5 Å². The minimum absolute atomic E-state index is 0.138. The predicted octanol–water partition coefficient (Wildman–Crippen LogP) is 2.22. The molecule has 0 aliphatic heterocycles. The monoisotopic (exact) mass is 260 g/mol. The number of hydrogen-bond donors (Lipinski definition) is 1. The highest BCUT2D eigenvalue weighted by molar-refractivity contribution is 9.10. The van der Waals surface area contributed by atoms with E-state index < -0.39 is 0 Å². The third kappa shape index (κ3) is 3.20. The van der Waals surface area contributed by atoms with E-state index in [0.717, 1.165) is 4.47 Å². The molecular weight excluding hydrogens is 248 g/mol. The largest absolute Gasteiger partial charge is 0.493 e. The molecule has 1 N–H and O–H groups in total. The first kappa shape index (κ1) is 11.3. The number of ether oxygens (including phenoxy) is 2. The van der Waals surface area contributed by atoms with E-state index in [-0.39, 0.29) is 6.61 Å². The van der Waals surface area contributed by atoms with Gasteiger partial charge in [-0.3, -0.25) is 0 Å². The van der Waals surface area contributed by atoms with Crippen LogP contribution < -0.4 is 9.47 Å². The minimum Gasteiger partial charge on any atom is -0.493 e. The van der Waals surface area contributed by atoms with Gasteiger partial charge in [0.1, 0.15) is 0 Å². The second-order valence-electron chi connectivity index (χ2n) is 2.72. The SMILES string of the molecule is COc1cc(Br)ccc1OCCCO. The molecule has 1 aromatic rings. The van der Waals surface area contributed by atoms with Crippen molar-refractivity contribution in [2.24, 2.45) is 0 Å². The Kier molecular flexibility index (Phi) is 4.76. The summed E-state index contributed by atoms with van der Waals surface area (Å²) in [5.41, 5.74) is 0. The van der Waals surface area contributed by atoms with E-state index in [0.29, 0.717) is 24.5 Å². The van der Waals surface area contributed by atoms with Crippen LogP contribution in [0, 0.1) is 0 Å². The molecule has 3 nitrogen and oxygen atoms in total. The molecule has 0 bridgehead atoms. The third-order valence-electron chi connectivity index (χ3n) is 1.69. The van der Waals surface area contributed by atoms with Crippen molar-refractivity contribution >= 4 is 15.9 Å². The van der Waals surface area contributed by atoms with Gasteiger partial charge in [0.05, 0.1) is 13.7 Å². The zero-order valence-electron chi connectivity index (χ0n) is 8.00. The van der Waals surface area contributed by atoms with Crippen molar-refractivity contribution in [2.45, 2.75) is 6.42 Å². The van der Waals surface area contributed by atoms with E-state index in [1.807, 2.05) is 18.2 Å². The molecule has 1 rings (SSSR count). The van der Waals surface area contributed by atoms with E-state index in [1.54, 1.807) is 7.11 Å². The number of benzene rings is 1. The highest BCUT2D eigenvalue weighted by Crippen LogP contribution is 2.30. The second kappa shape index (κ2) is 5.88. The van der Waals surface area contributed by atoms with Crippen LogP contribution in [0.2, 0.25) is 0 Å². The van der Waals surface area contributed by atoms with Crippen LogP contribution in [0.4, 0.5) is 0 Å². The Bertz CT molecular complexity index is 289. The van der Waals surface area contributed by atoms with Gasteiger partial charge in [-0.25, -0.2) is 0 Å². The molecular formula is C10H13BrO3. The van der Waals surface area contributed by atoms with Crippen LogP contribution in [0.3, 0.4) is 0 Å². The summed E-state index contributed by atoms with van der Waals surface area (Å²) in [6, 6.07) is 5.56. The maximum Gasteiger partial charge on any atom is 0.161 e.